The predicted molar refractivity (Wildman–Crippen MR) is 124 cm³/mol. The number of anilines is 1. The van der Waals surface area contributed by atoms with Gasteiger partial charge >= 0.3 is 6.09 Å². The largest absolute Gasteiger partial charge is 0.497 e. The smallest absolute Gasteiger partial charge is 0.414 e. The number of rotatable bonds is 4. The van der Waals surface area contributed by atoms with Crippen molar-refractivity contribution in [3.05, 3.63) is 53.2 Å². The molecule has 3 aromatic rings. The lowest BCUT2D eigenvalue weighted by molar-refractivity contribution is 0.0579. The van der Waals surface area contributed by atoms with Gasteiger partial charge in [0.05, 0.1) is 31.0 Å². The lowest BCUT2D eigenvalue weighted by Gasteiger charge is -2.33. The Morgan fingerprint density at radius 2 is 1.81 bits per heavy atom. The van der Waals surface area contributed by atoms with Crippen LogP contribution in [0.3, 0.4) is 0 Å². The van der Waals surface area contributed by atoms with Gasteiger partial charge in [-0.05, 0) is 50.5 Å². The second-order valence-electron chi connectivity index (χ2n) is 9.06. The van der Waals surface area contributed by atoms with Gasteiger partial charge in [0, 0.05) is 31.2 Å². The van der Waals surface area contributed by atoms with Crippen molar-refractivity contribution in [2.45, 2.75) is 38.9 Å². The molecule has 1 aliphatic rings. The Balaban J connectivity index is 1.95. The minimum absolute atomic E-state index is 0.440. The van der Waals surface area contributed by atoms with E-state index in [1.165, 1.54) is 0 Å². The van der Waals surface area contributed by atoms with Crippen LogP contribution in [-0.4, -0.2) is 42.1 Å². The summed E-state index contributed by atoms with van der Waals surface area (Å²) in [5.41, 5.74) is 3.28. The minimum Gasteiger partial charge on any atom is -0.497 e. The van der Waals surface area contributed by atoms with Crippen molar-refractivity contribution in [2.75, 3.05) is 25.7 Å². The zero-order valence-electron chi connectivity index (χ0n) is 19.4. The number of aliphatic hydroxyl groups is 1. The van der Waals surface area contributed by atoms with E-state index in [-0.39, 0.29) is 0 Å². The average Bonchev–Trinajstić information content (AvgIpc) is 3.08. The van der Waals surface area contributed by atoms with Gasteiger partial charge in [-0.15, -0.1) is 0 Å². The summed E-state index contributed by atoms with van der Waals surface area (Å²) in [6, 6.07) is 9.14. The summed E-state index contributed by atoms with van der Waals surface area (Å²) in [6.07, 6.45) is 1.33. The van der Waals surface area contributed by atoms with E-state index < -0.39 is 17.8 Å². The van der Waals surface area contributed by atoms with Crippen LogP contribution >= 0.6 is 0 Å². The topological polar surface area (TPSA) is 73.2 Å². The molecule has 2 heterocycles. The Morgan fingerprint density at radius 1 is 1.12 bits per heavy atom. The summed E-state index contributed by atoms with van der Waals surface area (Å²) < 4.78 is 18.7. The fourth-order valence-corrected chi connectivity index (χ4v) is 4.31. The highest BCUT2D eigenvalue weighted by Gasteiger charge is 2.35. The van der Waals surface area contributed by atoms with Crippen molar-refractivity contribution in [2.24, 2.45) is 7.05 Å². The molecule has 32 heavy (non-hydrogen) atoms. The molecule has 1 aromatic heterocycles. The normalized spacial score (nSPS) is 14.4. The first kappa shape index (κ1) is 22.0. The first-order valence-electron chi connectivity index (χ1n) is 10.7. The summed E-state index contributed by atoms with van der Waals surface area (Å²) in [4.78, 5) is 14.9. The van der Waals surface area contributed by atoms with Gasteiger partial charge in [0.25, 0.3) is 0 Å². The quantitative estimate of drug-likeness (QED) is 0.646. The summed E-state index contributed by atoms with van der Waals surface area (Å²) in [6.45, 7) is 5.99. The van der Waals surface area contributed by atoms with E-state index in [1.807, 2.05) is 50.6 Å². The van der Waals surface area contributed by atoms with Gasteiger partial charge in [0.15, 0.2) is 0 Å². The summed E-state index contributed by atoms with van der Waals surface area (Å²) in [5, 5.41) is 12.4. The van der Waals surface area contributed by atoms with E-state index >= 15 is 0 Å². The van der Waals surface area contributed by atoms with Gasteiger partial charge in [-0.3, -0.25) is 4.90 Å². The first-order valence-corrected chi connectivity index (χ1v) is 10.7. The molecule has 1 atom stereocenters. The van der Waals surface area contributed by atoms with Crippen LogP contribution in [0.5, 0.6) is 11.5 Å². The number of carbonyl (C=O) groups is 1. The van der Waals surface area contributed by atoms with E-state index in [0.717, 1.165) is 16.5 Å². The molecule has 0 saturated heterocycles. The standard InChI is InChI=1S/C25H30N2O5/c1-25(2,3)32-24(29)27-12-11-16-14-26(4)18-13-19(31-6)21(22(27)20(16)18)23(28)15-7-9-17(30-5)10-8-15/h7-10,13-14,23,28H,11-12H2,1-6H3. The third-order valence-corrected chi connectivity index (χ3v) is 5.75. The fraction of sp³-hybridized carbons (Fsp3) is 0.400. The molecule has 1 unspecified atom stereocenters. The van der Waals surface area contributed by atoms with E-state index in [2.05, 4.69) is 6.20 Å². The Bertz CT molecular complexity index is 1160. The van der Waals surface area contributed by atoms with Crippen LogP contribution in [0.2, 0.25) is 0 Å². The molecule has 0 bridgehead atoms. The van der Waals surface area contributed by atoms with E-state index in [9.17, 15) is 9.90 Å². The predicted octanol–water partition coefficient (Wildman–Crippen LogP) is 4.57. The molecular weight excluding hydrogens is 408 g/mol. The van der Waals surface area contributed by atoms with Crippen LogP contribution in [0.1, 0.15) is 43.6 Å². The Labute approximate surface area is 188 Å². The number of aromatic nitrogens is 1. The average molecular weight is 439 g/mol. The number of amides is 1. The van der Waals surface area contributed by atoms with Crippen molar-refractivity contribution >= 4 is 22.7 Å². The molecule has 0 saturated carbocycles. The maximum atomic E-state index is 13.2. The van der Waals surface area contributed by atoms with Crippen molar-refractivity contribution in [1.29, 1.82) is 0 Å². The molecule has 2 aromatic carbocycles. The zero-order valence-corrected chi connectivity index (χ0v) is 19.4. The number of methoxy groups -OCH3 is 2. The minimum atomic E-state index is -1.01. The molecule has 0 fully saturated rings. The summed E-state index contributed by atoms with van der Waals surface area (Å²) in [5.74, 6) is 1.21. The number of aliphatic hydroxyl groups excluding tert-OH is 1. The van der Waals surface area contributed by atoms with Crippen molar-refractivity contribution in [1.82, 2.24) is 4.57 Å². The first-order chi connectivity index (χ1) is 15.1. The highest BCUT2D eigenvalue weighted by molar-refractivity contribution is 6.07. The van der Waals surface area contributed by atoms with Gasteiger partial charge in [-0.2, -0.15) is 0 Å². The second kappa shape index (κ2) is 8.06. The van der Waals surface area contributed by atoms with Crippen LogP contribution in [0, 0.1) is 0 Å². The monoisotopic (exact) mass is 438 g/mol. The molecule has 0 radical (unpaired) electrons. The van der Waals surface area contributed by atoms with Gasteiger partial charge < -0.3 is 23.9 Å². The lowest BCUT2D eigenvalue weighted by atomic mass is 9.92. The molecule has 170 valence electrons. The second-order valence-corrected chi connectivity index (χ2v) is 9.06. The van der Waals surface area contributed by atoms with E-state index in [4.69, 9.17) is 14.2 Å². The molecule has 0 spiro atoms. The molecule has 4 rings (SSSR count). The van der Waals surface area contributed by atoms with Gasteiger partial charge in [0.1, 0.15) is 23.2 Å². The molecule has 1 N–H and O–H groups in total. The van der Waals surface area contributed by atoms with Crippen LogP contribution in [-0.2, 0) is 18.2 Å². The van der Waals surface area contributed by atoms with Gasteiger partial charge in [0.2, 0.25) is 0 Å². The van der Waals surface area contributed by atoms with Crippen molar-refractivity contribution in [3.8, 4) is 11.5 Å². The van der Waals surface area contributed by atoms with E-state index in [1.54, 1.807) is 31.3 Å². The number of hydrogen-bond donors (Lipinski definition) is 1. The van der Waals surface area contributed by atoms with Crippen LogP contribution < -0.4 is 14.4 Å². The van der Waals surface area contributed by atoms with Crippen molar-refractivity contribution < 1.29 is 24.1 Å². The molecule has 0 aliphatic carbocycles. The number of benzene rings is 2. The number of nitrogens with zero attached hydrogens (tertiary/aromatic N) is 2. The molecule has 1 amide bonds. The maximum Gasteiger partial charge on any atom is 0.414 e. The number of carbonyl (C=O) groups excluding carboxylic acids is 1. The Morgan fingerprint density at radius 3 is 2.41 bits per heavy atom. The van der Waals surface area contributed by atoms with E-state index in [0.29, 0.717) is 41.3 Å². The van der Waals surface area contributed by atoms with Crippen molar-refractivity contribution in [3.63, 3.8) is 0 Å². The maximum absolute atomic E-state index is 13.2. The third-order valence-electron chi connectivity index (χ3n) is 5.75. The lowest BCUT2D eigenvalue weighted by Crippen LogP contribution is -2.40. The molecule has 7 heteroatoms. The third kappa shape index (κ3) is 3.77. The van der Waals surface area contributed by atoms with Gasteiger partial charge in [-0.25, -0.2) is 4.79 Å². The Kier molecular flexibility index (Phi) is 5.54. The fourth-order valence-electron chi connectivity index (χ4n) is 4.31. The number of ether oxygens (including phenoxy) is 3. The highest BCUT2D eigenvalue weighted by Crippen LogP contribution is 2.47. The molecule has 7 nitrogen and oxygen atoms in total. The summed E-state index contributed by atoms with van der Waals surface area (Å²) >= 11 is 0. The Hall–Kier alpha value is -3.19. The number of aryl methyl sites for hydroxylation is 1. The van der Waals surface area contributed by atoms with Crippen LogP contribution in [0.15, 0.2) is 36.5 Å². The zero-order chi connectivity index (χ0) is 23.2. The van der Waals surface area contributed by atoms with Gasteiger partial charge in [-0.1, -0.05) is 12.1 Å². The van der Waals surface area contributed by atoms with Crippen LogP contribution in [0.25, 0.3) is 10.9 Å². The number of hydrogen-bond acceptors (Lipinski definition) is 5. The van der Waals surface area contributed by atoms with Crippen LogP contribution in [0.4, 0.5) is 10.5 Å². The molecule has 1 aliphatic heterocycles. The summed E-state index contributed by atoms with van der Waals surface area (Å²) in [7, 11) is 5.14. The molecular formula is C25H30N2O5. The highest BCUT2D eigenvalue weighted by atomic mass is 16.6. The SMILES string of the molecule is COc1ccc(C(O)c2c(OC)cc3c4c(cn3C)CCN(C(=O)OC(C)(C)C)c24)cc1.